The van der Waals surface area contributed by atoms with Crippen LogP contribution in [0, 0.1) is 0 Å². The third-order valence-corrected chi connectivity index (χ3v) is 3.52. The third kappa shape index (κ3) is 3.19. The second kappa shape index (κ2) is 5.64. The Labute approximate surface area is 97.5 Å². The predicted molar refractivity (Wildman–Crippen MR) is 62.3 cm³/mol. The molecule has 0 aliphatic carbocycles. The molecule has 2 fully saturated rings. The molecule has 92 valence electrons. The summed E-state index contributed by atoms with van der Waals surface area (Å²) >= 11 is 0. The summed E-state index contributed by atoms with van der Waals surface area (Å²) < 4.78 is 5.65. The van der Waals surface area contributed by atoms with Gasteiger partial charge in [-0.1, -0.05) is 0 Å². The molecule has 0 spiro atoms. The summed E-state index contributed by atoms with van der Waals surface area (Å²) in [7, 11) is 0. The van der Waals surface area contributed by atoms with Crippen LogP contribution in [0.3, 0.4) is 0 Å². The number of carbonyl (C=O) groups is 1. The molecule has 0 aromatic rings. The van der Waals surface area contributed by atoms with Gasteiger partial charge in [-0.3, -0.25) is 9.69 Å². The lowest BCUT2D eigenvalue weighted by atomic mass is 10.2. The molecule has 1 unspecified atom stereocenters. The van der Waals surface area contributed by atoms with Gasteiger partial charge in [0.2, 0.25) is 5.91 Å². The lowest BCUT2D eigenvalue weighted by molar-refractivity contribution is -0.128. The summed E-state index contributed by atoms with van der Waals surface area (Å²) in [5.74, 6) is 0.207. The Morgan fingerprint density at radius 3 is 2.81 bits per heavy atom. The number of nitrogens with zero attached hydrogens (tertiary/aromatic N) is 2. The quantitative estimate of drug-likeness (QED) is 0.695. The Bertz CT molecular complexity index is 239. The maximum absolute atomic E-state index is 11.3. The van der Waals surface area contributed by atoms with Crippen molar-refractivity contribution in [2.75, 3.05) is 39.3 Å². The first kappa shape index (κ1) is 11.9. The number of amides is 1. The maximum Gasteiger partial charge on any atom is 0.219 e. The second-order valence-electron chi connectivity index (χ2n) is 4.80. The summed E-state index contributed by atoms with van der Waals surface area (Å²) in [6.45, 7) is 7.53. The van der Waals surface area contributed by atoms with Crippen molar-refractivity contribution < 1.29 is 9.53 Å². The zero-order valence-electron chi connectivity index (χ0n) is 10.2. The molecule has 4 nitrogen and oxygen atoms in total. The number of ether oxygens (including phenoxy) is 1. The molecule has 1 amide bonds. The monoisotopic (exact) mass is 226 g/mol. The van der Waals surface area contributed by atoms with Gasteiger partial charge in [0, 0.05) is 39.7 Å². The van der Waals surface area contributed by atoms with Gasteiger partial charge in [0.15, 0.2) is 0 Å². The van der Waals surface area contributed by atoms with Gasteiger partial charge in [0.05, 0.1) is 6.10 Å². The standard InChI is InChI=1S/C12H22N2O2/c1-11(15)14-6-3-5-13(7-8-14)10-12-4-2-9-16-12/h12H,2-10H2,1H3. The normalized spacial score (nSPS) is 28.1. The van der Waals surface area contributed by atoms with Crippen molar-refractivity contribution in [2.24, 2.45) is 0 Å². The molecule has 16 heavy (non-hydrogen) atoms. The topological polar surface area (TPSA) is 32.8 Å². The highest BCUT2D eigenvalue weighted by atomic mass is 16.5. The minimum absolute atomic E-state index is 0.207. The van der Waals surface area contributed by atoms with Crippen LogP contribution >= 0.6 is 0 Å². The van der Waals surface area contributed by atoms with Gasteiger partial charge in [-0.15, -0.1) is 0 Å². The number of carbonyl (C=O) groups excluding carboxylic acids is 1. The van der Waals surface area contributed by atoms with Crippen LogP contribution in [0.5, 0.6) is 0 Å². The van der Waals surface area contributed by atoms with E-state index in [-0.39, 0.29) is 5.91 Å². The molecule has 2 aliphatic rings. The first-order chi connectivity index (χ1) is 7.75. The van der Waals surface area contributed by atoms with E-state index >= 15 is 0 Å². The number of hydrogen-bond acceptors (Lipinski definition) is 3. The number of hydrogen-bond donors (Lipinski definition) is 0. The molecule has 0 aromatic heterocycles. The van der Waals surface area contributed by atoms with Crippen LogP contribution < -0.4 is 0 Å². The fourth-order valence-electron chi connectivity index (χ4n) is 2.54. The molecular weight excluding hydrogens is 204 g/mol. The predicted octanol–water partition coefficient (Wildman–Crippen LogP) is 0.720. The Balaban J connectivity index is 1.77. The molecule has 2 saturated heterocycles. The highest BCUT2D eigenvalue weighted by molar-refractivity contribution is 5.73. The highest BCUT2D eigenvalue weighted by Crippen LogP contribution is 2.14. The van der Waals surface area contributed by atoms with Crippen LogP contribution in [0.15, 0.2) is 0 Å². The van der Waals surface area contributed by atoms with Crippen molar-refractivity contribution in [1.82, 2.24) is 9.80 Å². The molecule has 0 N–H and O–H groups in total. The van der Waals surface area contributed by atoms with E-state index in [2.05, 4.69) is 4.90 Å². The first-order valence-electron chi connectivity index (χ1n) is 6.35. The van der Waals surface area contributed by atoms with Crippen LogP contribution in [0.1, 0.15) is 26.2 Å². The van der Waals surface area contributed by atoms with Gasteiger partial charge in [0.1, 0.15) is 0 Å². The summed E-state index contributed by atoms with van der Waals surface area (Å²) in [5, 5.41) is 0. The lowest BCUT2D eigenvalue weighted by Gasteiger charge is -2.23. The highest BCUT2D eigenvalue weighted by Gasteiger charge is 2.21. The average Bonchev–Trinajstić information content (AvgIpc) is 2.63. The molecule has 0 bridgehead atoms. The molecular formula is C12H22N2O2. The summed E-state index contributed by atoms with van der Waals surface area (Å²) in [5.41, 5.74) is 0. The lowest BCUT2D eigenvalue weighted by Crippen LogP contribution is -2.36. The summed E-state index contributed by atoms with van der Waals surface area (Å²) in [4.78, 5) is 15.7. The van der Waals surface area contributed by atoms with E-state index in [1.165, 1.54) is 12.8 Å². The van der Waals surface area contributed by atoms with Gasteiger partial charge >= 0.3 is 0 Å². The van der Waals surface area contributed by atoms with E-state index in [9.17, 15) is 4.79 Å². The first-order valence-corrected chi connectivity index (χ1v) is 6.35. The van der Waals surface area contributed by atoms with Crippen LogP contribution in [-0.4, -0.2) is 61.1 Å². The Kier molecular flexibility index (Phi) is 4.18. The second-order valence-corrected chi connectivity index (χ2v) is 4.80. The molecule has 2 aliphatic heterocycles. The number of rotatable bonds is 2. The van der Waals surface area contributed by atoms with Crippen LogP contribution in [0.4, 0.5) is 0 Å². The zero-order valence-corrected chi connectivity index (χ0v) is 10.2. The van der Waals surface area contributed by atoms with E-state index in [1.807, 2.05) is 4.90 Å². The third-order valence-electron chi connectivity index (χ3n) is 3.52. The molecule has 1 atom stereocenters. The van der Waals surface area contributed by atoms with E-state index < -0.39 is 0 Å². The van der Waals surface area contributed by atoms with Crippen molar-refractivity contribution >= 4 is 5.91 Å². The molecule has 0 saturated carbocycles. The minimum Gasteiger partial charge on any atom is -0.377 e. The van der Waals surface area contributed by atoms with Crippen molar-refractivity contribution in [1.29, 1.82) is 0 Å². The maximum atomic E-state index is 11.3. The van der Waals surface area contributed by atoms with Gasteiger partial charge < -0.3 is 9.64 Å². The van der Waals surface area contributed by atoms with E-state index in [0.717, 1.165) is 45.8 Å². The minimum atomic E-state index is 0.207. The van der Waals surface area contributed by atoms with E-state index in [0.29, 0.717) is 6.10 Å². The van der Waals surface area contributed by atoms with Crippen molar-refractivity contribution in [3.63, 3.8) is 0 Å². The Morgan fingerprint density at radius 1 is 1.25 bits per heavy atom. The van der Waals surface area contributed by atoms with Crippen molar-refractivity contribution in [2.45, 2.75) is 32.3 Å². The molecule has 2 heterocycles. The van der Waals surface area contributed by atoms with E-state index in [1.54, 1.807) is 6.92 Å². The SMILES string of the molecule is CC(=O)N1CCCN(CC2CCCO2)CC1. The molecule has 4 heteroatoms. The zero-order chi connectivity index (χ0) is 11.4. The van der Waals surface area contributed by atoms with Crippen LogP contribution in [-0.2, 0) is 9.53 Å². The van der Waals surface area contributed by atoms with Gasteiger partial charge in [0.25, 0.3) is 0 Å². The van der Waals surface area contributed by atoms with Crippen LogP contribution in [0.2, 0.25) is 0 Å². The summed E-state index contributed by atoms with van der Waals surface area (Å²) in [6.07, 6.45) is 3.93. The average molecular weight is 226 g/mol. The van der Waals surface area contributed by atoms with Crippen molar-refractivity contribution in [3.8, 4) is 0 Å². The van der Waals surface area contributed by atoms with Gasteiger partial charge in [-0.2, -0.15) is 0 Å². The molecule has 2 rings (SSSR count). The summed E-state index contributed by atoms with van der Waals surface area (Å²) in [6, 6.07) is 0. The van der Waals surface area contributed by atoms with Gasteiger partial charge in [-0.05, 0) is 25.8 Å². The fourth-order valence-corrected chi connectivity index (χ4v) is 2.54. The Morgan fingerprint density at radius 2 is 2.12 bits per heavy atom. The fraction of sp³-hybridized carbons (Fsp3) is 0.917. The van der Waals surface area contributed by atoms with Crippen molar-refractivity contribution in [3.05, 3.63) is 0 Å². The smallest absolute Gasteiger partial charge is 0.219 e. The molecule has 0 aromatic carbocycles. The Hall–Kier alpha value is -0.610. The largest absolute Gasteiger partial charge is 0.377 e. The van der Waals surface area contributed by atoms with Crippen LogP contribution in [0.25, 0.3) is 0 Å². The van der Waals surface area contributed by atoms with Gasteiger partial charge in [-0.25, -0.2) is 0 Å². The van der Waals surface area contributed by atoms with E-state index in [4.69, 9.17) is 4.74 Å². The molecule has 0 radical (unpaired) electrons.